The minimum atomic E-state index is -0.824. The molecule has 1 unspecified atom stereocenters. The van der Waals surface area contributed by atoms with Gasteiger partial charge in [-0.05, 0) is 79.1 Å². The van der Waals surface area contributed by atoms with Crippen molar-refractivity contribution in [2.75, 3.05) is 4.90 Å². The first kappa shape index (κ1) is 21.2. The van der Waals surface area contributed by atoms with Crippen molar-refractivity contribution >= 4 is 44.3 Å². The van der Waals surface area contributed by atoms with E-state index in [-0.39, 0.29) is 11.3 Å². The molecule has 6 nitrogen and oxygen atoms in total. The maximum atomic E-state index is 13.6. The summed E-state index contributed by atoms with van der Waals surface area (Å²) < 4.78 is 6.63. The van der Waals surface area contributed by atoms with Gasteiger partial charge < -0.3 is 9.52 Å². The number of fused-ring (bicyclic) bond motifs is 1. The van der Waals surface area contributed by atoms with Gasteiger partial charge in [0.1, 0.15) is 5.58 Å². The number of amides is 1. The number of hydrogen-bond donors (Lipinski definition) is 1. The van der Waals surface area contributed by atoms with Crippen LogP contribution in [0.3, 0.4) is 0 Å². The van der Waals surface area contributed by atoms with E-state index < -0.39 is 23.5 Å². The van der Waals surface area contributed by atoms with E-state index >= 15 is 0 Å². The highest BCUT2D eigenvalue weighted by Crippen LogP contribution is 2.42. The first-order valence-corrected chi connectivity index (χ1v) is 11.1. The molecule has 0 saturated carbocycles. The van der Waals surface area contributed by atoms with E-state index in [1.54, 1.807) is 36.7 Å². The number of pyridine rings is 1. The van der Waals surface area contributed by atoms with Crippen molar-refractivity contribution in [2.24, 2.45) is 0 Å². The van der Waals surface area contributed by atoms with Gasteiger partial charge in [-0.2, -0.15) is 0 Å². The van der Waals surface area contributed by atoms with Crippen LogP contribution in [0, 0.1) is 13.8 Å². The Labute approximate surface area is 198 Å². The molecule has 1 atom stereocenters. The van der Waals surface area contributed by atoms with Crippen LogP contribution in [-0.2, 0) is 4.79 Å². The van der Waals surface area contributed by atoms with Gasteiger partial charge in [-0.1, -0.05) is 22.0 Å². The Kier molecular flexibility index (Phi) is 5.13. The summed E-state index contributed by atoms with van der Waals surface area (Å²) >= 11 is 3.41. The number of carbonyl (C=O) groups is 2. The predicted octanol–water partition coefficient (Wildman–Crippen LogP) is 5.99. The van der Waals surface area contributed by atoms with Crippen LogP contribution < -0.4 is 4.90 Å². The average Bonchev–Trinajstić information content (AvgIpc) is 3.34. The lowest BCUT2D eigenvalue weighted by molar-refractivity contribution is -0.117. The molecule has 0 saturated heterocycles. The number of anilines is 1. The fourth-order valence-corrected chi connectivity index (χ4v) is 4.48. The zero-order chi connectivity index (χ0) is 23.3. The standard InChI is InChI=1S/C26H19BrN2O4/c1-14-3-5-19(11-15(14)2)29-23(16-7-9-28-10-8-16)22(25(31)26(29)32)24(30)21-13-17-12-18(27)4-6-20(17)33-21/h3-13,23,31H,1-2H3. The Bertz CT molecular complexity index is 1460. The lowest BCUT2D eigenvalue weighted by Crippen LogP contribution is -2.31. The number of aryl methyl sites for hydroxylation is 2. The summed E-state index contributed by atoms with van der Waals surface area (Å²) in [7, 11) is 0. The number of halogens is 1. The molecule has 2 aromatic heterocycles. The molecule has 2 aromatic carbocycles. The number of benzene rings is 2. The van der Waals surface area contributed by atoms with Gasteiger partial charge >= 0.3 is 0 Å². The highest BCUT2D eigenvalue weighted by molar-refractivity contribution is 9.10. The molecular formula is C26H19BrN2O4. The van der Waals surface area contributed by atoms with E-state index in [9.17, 15) is 14.7 Å². The van der Waals surface area contributed by atoms with Gasteiger partial charge in [0.15, 0.2) is 11.5 Å². The van der Waals surface area contributed by atoms with Gasteiger partial charge in [0.2, 0.25) is 5.78 Å². The lowest BCUT2D eigenvalue weighted by Gasteiger charge is -2.27. The van der Waals surface area contributed by atoms with E-state index in [0.29, 0.717) is 16.8 Å². The second-order valence-electron chi connectivity index (χ2n) is 8.01. The summed E-state index contributed by atoms with van der Waals surface area (Å²) in [6.45, 7) is 3.93. The zero-order valence-electron chi connectivity index (χ0n) is 17.9. The van der Waals surface area contributed by atoms with Gasteiger partial charge in [0.25, 0.3) is 5.91 Å². The van der Waals surface area contributed by atoms with E-state index in [4.69, 9.17) is 4.42 Å². The highest BCUT2D eigenvalue weighted by atomic mass is 79.9. The molecule has 7 heteroatoms. The first-order chi connectivity index (χ1) is 15.8. The predicted molar refractivity (Wildman–Crippen MR) is 128 cm³/mol. The molecule has 33 heavy (non-hydrogen) atoms. The number of aromatic nitrogens is 1. The van der Waals surface area contributed by atoms with E-state index in [2.05, 4.69) is 20.9 Å². The summed E-state index contributed by atoms with van der Waals surface area (Å²) in [6.07, 6.45) is 3.18. The number of furan rings is 1. The van der Waals surface area contributed by atoms with Crippen LogP contribution in [0.4, 0.5) is 5.69 Å². The van der Waals surface area contributed by atoms with Crippen molar-refractivity contribution in [3.8, 4) is 0 Å². The first-order valence-electron chi connectivity index (χ1n) is 10.3. The Hall–Kier alpha value is -3.71. The molecule has 1 aliphatic heterocycles. The lowest BCUT2D eigenvalue weighted by atomic mass is 9.95. The highest BCUT2D eigenvalue weighted by Gasteiger charge is 2.45. The van der Waals surface area contributed by atoms with Crippen LogP contribution in [0.1, 0.15) is 33.3 Å². The maximum Gasteiger partial charge on any atom is 0.294 e. The smallest absolute Gasteiger partial charge is 0.294 e. The summed E-state index contributed by atoms with van der Waals surface area (Å²) in [6, 6.07) is 15.3. The van der Waals surface area contributed by atoms with Gasteiger partial charge in [0.05, 0.1) is 11.6 Å². The molecule has 1 aliphatic rings. The fourth-order valence-electron chi connectivity index (χ4n) is 4.10. The third kappa shape index (κ3) is 3.54. The molecule has 0 aliphatic carbocycles. The third-order valence-corrected chi connectivity index (χ3v) is 6.44. The minimum Gasteiger partial charge on any atom is -0.503 e. The SMILES string of the molecule is Cc1ccc(N2C(=O)C(O)=C(C(=O)c3cc4cc(Br)ccc4o3)C2c2ccncc2)cc1C. The van der Waals surface area contributed by atoms with Crippen molar-refractivity contribution in [3.05, 3.63) is 105 Å². The molecule has 3 heterocycles. The molecule has 0 spiro atoms. The number of Topliss-reactive ketones (excluding diaryl/α,β-unsaturated/α-hetero) is 1. The van der Waals surface area contributed by atoms with Crippen molar-refractivity contribution < 1.29 is 19.1 Å². The number of aliphatic hydroxyl groups is 1. The van der Waals surface area contributed by atoms with Crippen LogP contribution in [0.15, 0.2) is 87.2 Å². The van der Waals surface area contributed by atoms with Gasteiger partial charge in [0, 0.05) is 27.9 Å². The Balaban J connectivity index is 1.66. The normalized spacial score (nSPS) is 16.2. The fraction of sp³-hybridized carbons (Fsp3) is 0.115. The monoisotopic (exact) mass is 502 g/mol. The Morgan fingerprint density at radius 3 is 2.52 bits per heavy atom. The molecule has 5 rings (SSSR count). The van der Waals surface area contributed by atoms with Crippen LogP contribution in [0.5, 0.6) is 0 Å². The minimum absolute atomic E-state index is 0.0254. The number of ketones is 1. The summed E-state index contributed by atoms with van der Waals surface area (Å²) in [5.41, 5.74) is 3.83. The average molecular weight is 503 g/mol. The van der Waals surface area contributed by atoms with Crippen LogP contribution >= 0.6 is 15.9 Å². The Morgan fingerprint density at radius 2 is 1.79 bits per heavy atom. The van der Waals surface area contributed by atoms with E-state index in [0.717, 1.165) is 21.0 Å². The molecular weight excluding hydrogens is 484 g/mol. The largest absolute Gasteiger partial charge is 0.503 e. The topological polar surface area (TPSA) is 83.6 Å². The second-order valence-corrected chi connectivity index (χ2v) is 8.93. The molecule has 0 bridgehead atoms. The number of carbonyl (C=O) groups excluding carboxylic acids is 2. The van der Waals surface area contributed by atoms with Crippen molar-refractivity contribution in [1.82, 2.24) is 4.98 Å². The summed E-state index contributed by atoms with van der Waals surface area (Å²) in [4.78, 5) is 32.4. The van der Waals surface area contributed by atoms with Crippen molar-refractivity contribution in [1.29, 1.82) is 0 Å². The van der Waals surface area contributed by atoms with Gasteiger partial charge in [-0.15, -0.1) is 0 Å². The second kappa shape index (κ2) is 8.01. The number of aliphatic hydroxyl groups excluding tert-OH is 1. The molecule has 0 radical (unpaired) electrons. The van der Waals surface area contributed by atoms with Gasteiger partial charge in [-0.25, -0.2) is 0 Å². The molecule has 1 N–H and O–H groups in total. The van der Waals surface area contributed by atoms with Crippen molar-refractivity contribution in [3.63, 3.8) is 0 Å². The number of hydrogen-bond acceptors (Lipinski definition) is 5. The number of rotatable bonds is 4. The molecule has 164 valence electrons. The van der Waals surface area contributed by atoms with Crippen molar-refractivity contribution in [2.45, 2.75) is 19.9 Å². The molecule has 4 aromatic rings. The quantitative estimate of drug-likeness (QED) is 0.346. The third-order valence-electron chi connectivity index (χ3n) is 5.95. The zero-order valence-corrected chi connectivity index (χ0v) is 19.5. The summed E-state index contributed by atoms with van der Waals surface area (Å²) in [5, 5.41) is 11.6. The van der Waals surface area contributed by atoms with Gasteiger partial charge in [-0.3, -0.25) is 19.5 Å². The number of nitrogens with zero attached hydrogens (tertiary/aromatic N) is 2. The van der Waals surface area contributed by atoms with E-state index in [1.807, 2.05) is 44.2 Å². The molecule has 1 amide bonds. The Morgan fingerprint density at radius 1 is 1.03 bits per heavy atom. The van der Waals surface area contributed by atoms with Crippen LogP contribution in [0.25, 0.3) is 11.0 Å². The molecule has 0 fully saturated rings. The van der Waals surface area contributed by atoms with E-state index in [1.165, 1.54) is 4.90 Å². The maximum absolute atomic E-state index is 13.6. The van der Waals surface area contributed by atoms with Crippen LogP contribution in [0.2, 0.25) is 0 Å². The summed E-state index contributed by atoms with van der Waals surface area (Å²) in [5.74, 6) is -1.70. The van der Waals surface area contributed by atoms with Crippen LogP contribution in [-0.4, -0.2) is 21.8 Å².